The van der Waals surface area contributed by atoms with Gasteiger partial charge in [-0.1, -0.05) is 31.2 Å². The van der Waals surface area contributed by atoms with Crippen molar-refractivity contribution in [1.29, 1.82) is 0 Å². The van der Waals surface area contributed by atoms with Crippen LogP contribution in [0.3, 0.4) is 0 Å². The molecule has 1 amide bonds. The van der Waals surface area contributed by atoms with E-state index in [1.807, 2.05) is 11.9 Å². The van der Waals surface area contributed by atoms with Crippen molar-refractivity contribution in [3.05, 3.63) is 35.4 Å². The number of aryl methyl sites for hydroxylation is 1. The van der Waals surface area contributed by atoms with Crippen LogP contribution in [-0.4, -0.2) is 64.5 Å². The lowest BCUT2D eigenvalue weighted by Crippen LogP contribution is -2.45. The lowest BCUT2D eigenvalue weighted by molar-refractivity contribution is -0.192. The van der Waals surface area contributed by atoms with Gasteiger partial charge < -0.3 is 10.0 Å². The van der Waals surface area contributed by atoms with Crippen LogP contribution in [0.25, 0.3) is 0 Å². The zero-order chi connectivity index (χ0) is 23.0. The zero-order valence-corrected chi connectivity index (χ0v) is 17.9. The van der Waals surface area contributed by atoms with E-state index in [4.69, 9.17) is 14.9 Å². The van der Waals surface area contributed by atoms with E-state index in [-0.39, 0.29) is 5.91 Å². The van der Waals surface area contributed by atoms with Crippen molar-refractivity contribution in [3.8, 4) is 0 Å². The van der Waals surface area contributed by atoms with Crippen molar-refractivity contribution in [3.63, 3.8) is 0 Å². The van der Waals surface area contributed by atoms with Gasteiger partial charge in [0.05, 0.1) is 0 Å². The highest BCUT2D eigenvalue weighted by Gasteiger charge is 2.60. The molecule has 1 N–H and O–H groups in total. The third-order valence-electron chi connectivity index (χ3n) is 6.63. The third-order valence-corrected chi connectivity index (χ3v) is 6.63. The Labute approximate surface area is 179 Å². The maximum Gasteiger partial charge on any atom is 0.490 e. The van der Waals surface area contributed by atoms with Gasteiger partial charge in [-0.05, 0) is 36.8 Å². The Bertz CT molecular complexity index is 886. The Kier molecular flexibility index (Phi) is 6.45. The summed E-state index contributed by atoms with van der Waals surface area (Å²) in [5, 5.41) is 7.12. The zero-order valence-electron chi connectivity index (χ0n) is 17.9. The normalized spacial score (nSPS) is 27.9. The fraction of sp³-hybridized carbons (Fsp3) is 0.591. The predicted octanol–water partition coefficient (Wildman–Crippen LogP) is 3.49. The van der Waals surface area contributed by atoms with E-state index >= 15 is 0 Å². The first kappa shape index (κ1) is 23.2. The Hall–Kier alpha value is -2.42. The Morgan fingerprint density at radius 2 is 1.94 bits per heavy atom. The number of amidine groups is 1. The summed E-state index contributed by atoms with van der Waals surface area (Å²) in [4.78, 5) is 31.2. The van der Waals surface area contributed by atoms with Crippen LogP contribution in [0.15, 0.2) is 29.3 Å². The molecule has 2 heterocycles. The second-order valence-corrected chi connectivity index (χ2v) is 8.50. The van der Waals surface area contributed by atoms with Gasteiger partial charge in [0.25, 0.3) is 5.91 Å². The van der Waals surface area contributed by atoms with E-state index in [1.165, 1.54) is 11.1 Å². The van der Waals surface area contributed by atoms with Gasteiger partial charge in [-0.3, -0.25) is 14.7 Å². The van der Waals surface area contributed by atoms with Crippen LogP contribution >= 0.6 is 0 Å². The highest BCUT2D eigenvalue weighted by molar-refractivity contribution is 6.08. The van der Waals surface area contributed by atoms with Gasteiger partial charge in [0, 0.05) is 39.0 Å². The standard InChI is InChI=1S/C20H27N3O.C2HF3O2/c1-4-18-21-20(19(24)22(18)3)10-9-16-12-23(13-17(16)20)11-15-8-6-5-7-14(15)2;3-2(4,5)1(6)7/h5-8,16-17H,4,9-13H2,1-3H3;(H,6,7)/t16-,17+,20-;/m1./s1. The van der Waals surface area contributed by atoms with Crippen LogP contribution < -0.4 is 0 Å². The van der Waals surface area contributed by atoms with Crippen LogP contribution in [-0.2, 0) is 16.1 Å². The number of aliphatic carboxylic acids is 1. The number of amides is 1. The Morgan fingerprint density at radius 1 is 1.29 bits per heavy atom. The van der Waals surface area contributed by atoms with Crippen LogP contribution in [0.2, 0.25) is 0 Å². The SMILES string of the molecule is CCC1=N[C@@]2(CC[C@@H]3CN(Cc4ccccc4C)C[C@@H]32)C(=O)N1C.O=C(O)C(F)(F)F. The molecule has 3 atom stereocenters. The average molecular weight is 439 g/mol. The van der Waals surface area contributed by atoms with Crippen LogP contribution in [0.5, 0.6) is 0 Å². The molecule has 0 unspecified atom stereocenters. The van der Waals surface area contributed by atoms with E-state index < -0.39 is 17.7 Å². The quantitative estimate of drug-likeness (QED) is 0.783. The van der Waals surface area contributed by atoms with Crippen molar-refractivity contribution < 1.29 is 27.9 Å². The number of carboxylic acids is 1. The minimum atomic E-state index is -5.08. The van der Waals surface area contributed by atoms with E-state index in [0.717, 1.165) is 44.7 Å². The number of likely N-dealkylation sites (N-methyl/N-ethyl adjacent to an activating group) is 1. The van der Waals surface area contributed by atoms with Gasteiger partial charge in [0.1, 0.15) is 11.4 Å². The molecule has 6 nitrogen and oxygen atoms in total. The van der Waals surface area contributed by atoms with E-state index in [2.05, 4.69) is 43.0 Å². The molecule has 1 saturated heterocycles. The van der Waals surface area contributed by atoms with Gasteiger partial charge in [-0.25, -0.2) is 4.79 Å². The van der Waals surface area contributed by atoms with Gasteiger partial charge >= 0.3 is 12.1 Å². The number of aliphatic imine (C=N–C) groups is 1. The molecular formula is C22H28F3N3O3. The number of halogens is 3. The van der Waals surface area contributed by atoms with Gasteiger partial charge in [0.2, 0.25) is 0 Å². The number of carbonyl (C=O) groups excluding carboxylic acids is 1. The number of alkyl halides is 3. The molecule has 4 rings (SSSR count). The molecule has 1 aromatic carbocycles. The summed E-state index contributed by atoms with van der Waals surface area (Å²) in [5.41, 5.74) is 2.30. The van der Waals surface area contributed by atoms with Gasteiger partial charge in [0.15, 0.2) is 0 Å². The molecule has 9 heteroatoms. The molecule has 0 bridgehead atoms. The Morgan fingerprint density at radius 3 is 2.48 bits per heavy atom. The number of fused-ring (bicyclic) bond motifs is 2. The molecule has 1 aliphatic carbocycles. The number of carboxylic acid groups (broad SMARTS) is 1. The molecule has 1 spiro atoms. The van der Waals surface area contributed by atoms with E-state index in [1.54, 1.807) is 0 Å². The predicted molar refractivity (Wildman–Crippen MR) is 110 cm³/mol. The highest BCUT2D eigenvalue weighted by Crippen LogP contribution is 2.50. The van der Waals surface area contributed by atoms with Crippen LogP contribution in [0, 0.1) is 18.8 Å². The molecule has 3 aliphatic rings. The summed E-state index contributed by atoms with van der Waals surface area (Å²) in [6, 6.07) is 8.62. The minimum Gasteiger partial charge on any atom is -0.475 e. The first-order valence-electron chi connectivity index (χ1n) is 10.4. The van der Waals surface area contributed by atoms with Crippen molar-refractivity contribution in [2.45, 2.75) is 51.4 Å². The minimum absolute atomic E-state index is 0.240. The van der Waals surface area contributed by atoms with Crippen LogP contribution in [0.4, 0.5) is 13.2 Å². The van der Waals surface area contributed by atoms with Gasteiger partial charge in [-0.2, -0.15) is 13.2 Å². The first-order chi connectivity index (χ1) is 14.5. The monoisotopic (exact) mass is 439 g/mol. The van der Waals surface area contributed by atoms with Crippen molar-refractivity contribution in [2.75, 3.05) is 20.1 Å². The number of hydrogen-bond donors (Lipinski definition) is 1. The third kappa shape index (κ3) is 4.46. The van der Waals surface area contributed by atoms with Gasteiger partial charge in [-0.15, -0.1) is 0 Å². The summed E-state index contributed by atoms with van der Waals surface area (Å²) >= 11 is 0. The molecule has 170 valence electrons. The van der Waals surface area contributed by atoms with E-state index in [0.29, 0.717) is 11.8 Å². The highest BCUT2D eigenvalue weighted by atomic mass is 19.4. The van der Waals surface area contributed by atoms with Crippen molar-refractivity contribution in [1.82, 2.24) is 9.80 Å². The summed E-state index contributed by atoms with van der Waals surface area (Å²) in [5.74, 6) is -0.540. The smallest absolute Gasteiger partial charge is 0.475 e. The maximum atomic E-state index is 13.0. The summed E-state index contributed by atoms with van der Waals surface area (Å²) in [6.45, 7) is 7.37. The molecule has 2 aliphatic heterocycles. The fourth-order valence-electron chi connectivity index (χ4n) is 5.02. The maximum absolute atomic E-state index is 13.0. The number of rotatable bonds is 3. The lowest BCUT2D eigenvalue weighted by Gasteiger charge is -2.27. The average Bonchev–Trinajstić information content (AvgIpc) is 3.33. The largest absolute Gasteiger partial charge is 0.490 e. The number of nitrogens with zero attached hydrogens (tertiary/aromatic N) is 3. The number of benzene rings is 1. The molecule has 31 heavy (non-hydrogen) atoms. The molecule has 1 saturated carbocycles. The summed E-state index contributed by atoms with van der Waals surface area (Å²) in [6.07, 6.45) is -2.17. The second kappa shape index (κ2) is 8.61. The number of carbonyl (C=O) groups is 2. The lowest BCUT2D eigenvalue weighted by atomic mass is 9.85. The van der Waals surface area contributed by atoms with E-state index in [9.17, 15) is 18.0 Å². The van der Waals surface area contributed by atoms with Crippen molar-refractivity contribution in [2.24, 2.45) is 16.8 Å². The summed E-state index contributed by atoms with van der Waals surface area (Å²) < 4.78 is 31.7. The van der Waals surface area contributed by atoms with Crippen molar-refractivity contribution >= 4 is 17.7 Å². The van der Waals surface area contributed by atoms with Crippen LogP contribution in [0.1, 0.15) is 37.3 Å². The molecule has 0 aromatic heterocycles. The molecule has 0 radical (unpaired) electrons. The fourth-order valence-corrected chi connectivity index (χ4v) is 5.02. The topological polar surface area (TPSA) is 73.2 Å². The molecule has 2 fully saturated rings. The summed E-state index contributed by atoms with van der Waals surface area (Å²) in [7, 11) is 1.90. The first-order valence-corrected chi connectivity index (χ1v) is 10.4. The Balaban J connectivity index is 0.000000339. The number of likely N-dealkylation sites (tertiary alicyclic amines) is 1. The number of hydrogen-bond acceptors (Lipinski definition) is 4. The molecule has 1 aromatic rings. The second-order valence-electron chi connectivity index (χ2n) is 8.50. The molecular weight excluding hydrogens is 411 g/mol.